The molecule has 7 heteroatoms. The highest BCUT2D eigenvalue weighted by Gasteiger charge is 2.25. The molecular formula is C24H32N2O4S. The van der Waals surface area contributed by atoms with Crippen molar-refractivity contribution in [3.8, 4) is 5.75 Å². The van der Waals surface area contributed by atoms with Gasteiger partial charge in [0.05, 0.1) is 19.5 Å². The van der Waals surface area contributed by atoms with Crippen molar-refractivity contribution in [3.05, 3.63) is 64.7 Å². The lowest BCUT2D eigenvalue weighted by molar-refractivity contribution is 0.166. The Labute approximate surface area is 185 Å². The first-order chi connectivity index (χ1) is 14.9. The average Bonchev–Trinajstić information content (AvgIpc) is 3.15. The first-order valence-corrected chi connectivity index (χ1v) is 12.7. The lowest BCUT2D eigenvalue weighted by atomic mass is 9.99. The highest BCUT2D eigenvalue weighted by atomic mass is 32.2. The van der Waals surface area contributed by atoms with Gasteiger partial charge < -0.3 is 9.47 Å². The first kappa shape index (κ1) is 22.3. The maximum absolute atomic E-state index is 11.7. The zero-order chi connectivity index (χ0) is 21.8. The van der Waals surface area contributed by atoms with Crippen molar-refractivity contribution >= 4 is 10.0 Å². The highest BCUT2D eigenvalue weighted by molar-refractivity contribution is 7.88. The Morgan fingerprint density at radius 3 is 2.32 bits per heavy atom. The van der Waals surface area contributed by atoms with Gasteiger partial charge >= 0.3 is 0 Å². The van der Waals surface area contributed by atoms with Crippen LogP contribution in [-0.2, 0) is 41.0 Å². The number of hydrogen-bond acceptors (Lipinski definition) is 5. The predicted molar refractivity (Wildman–Crippen MR) is 121 cm³/mol. The van der Waals surface area contributed by atoms with Crippen molar-refractivity contribution in [2.45, 2.75) is 39.1 Å². The van der Waals surface area contributed by atoms with Gasteiger partial charge in [-0.15, -0.1) is 0 Å². The van der Waals surface area contributed by atoms with Gasteiger partial charge in [0.1, 0.15) is 5.75 Å². The van der Waals surface area contributed by atoms with Crippen molar-refractivity contribution < 1.29 is 17.9 Å². The summed E-state index contributed by atoms with van der Waals surface area (Å²) < 4.78 is 36.5. The molecule has 2 aliphatic rings. The molecule has 0 atom stereocenters. The van der Waals surface area contributed by atoms with Crippen LogP contribution in [0, 0.1) is 5.92 Å². The van der Waals surface area contributed by atoms with Crippen molar-refractivity contribution in [3.63, 3.8) is 0 Å². The normalized spacial score (nSPS) is 18.3. The van der Waals surface area contributed by atoms with Crippen molar-refractivity contribution in [2.24, 2.45) is 5.92 Å². The van der Waals surface area contributed by atoms with E-state index in [9.17, 15) is 8.42 Å². The zero-order valence-corrected chi connectivity index (χ0v) is 19.2. The Hall–Kier alpha value is -1.93. The summed E-state index contributed by atoms with van der Waals surface area (Å²) in [6.07, 6.45) is 2.95. The predicted octanol–water partition coefficient (Wildman–Crippen LogP) is 3.40. The third-order valence-corrected chi connectivity index (χ3v) is 7.56. The lowest BCUT2D eigenvalue weighted by Gasteiger charge is -2.30. The van der Waals surface area contributed by atoms with Crippen molar-refractivity contribution in [1.29, 1.82) is 0 Å². The molecular weight excluding hydrogens is 412 g/mol. The molecule has 0 unspecified atom stereocenters. The largest absolute Gasteiger partial charge is 0.493 e. The number of methoxy groups -OCH3 is 1. The second-order valence-corrected chi connectivity index (χ2v) is 10.7. The third-order valence-electron chi connectivity index (χ3n) is 6.25. The van der Waals surface area contributed by atoms with Gasteiger partial charge in [-0.1, -0.05) is 30.3 Å². The van der Waals surface area contributed by atoms with Crippen LogP contribution in [0.3, 0.4) is 0 Å². The number of piperidine rings is 1. The second kappa shape index (κ2) is 9.69. The van der Waals surface area contributed by atoms with E-state index in [2.05, 4.69) is 47.4 Å². The maximum Gasteiger partial charge on any atom is 0.211 e. The molecule has 0 saturated carbocycles. The molecule has 2 aromatic rings. The quantitative estimate of drug-likeness (QED) is 0.625. The Morgan fingerprint density at radius 2 is 1.71 bits per heavy atom. The summed E-state index contributed by atoms with van der Waals surface area (Å²) in [6.45, 7) is 5.14. The standard InChI is InChI=1S/C24H32N2O4S/c1-29-18-23-13-20(14-25-15-21-5-3-4-6-22(21)16-25)7-8-24(23)30-17-19-9-11-26(12-10-19)31(2,27)28/h3-8,13,19H,9-12,14-18H2,1-2H3. The first-order valence-electron chi connectivity index (χ1n) is 10.9. The van der Waals surface area contributed by atoms with Crippen LogP contribution in [-0.4, -0.2) is 50.7 Å². The number of nitrogens with zero attached hydrogens (tertiary/aromatic N) is 2. The van der Waals surface area contributed by atoms with Gasteiger partial charge in [0.15, 0.2) is 0 Å². The third kappa shape index (κ3) is 5.66. The number of fused-ring (bicyclic) bond motifs is 1. The Balaban J connectivity index is 1.34. The maximum atomic E-state index is 11.7. The van der Waals surface area contributed by atoms with Crippen LogP contribution < -0.4 is 4.74 Å². The SMILES string of the molecule is COCc1cc(CN2Cc3ccccc3C2)ccc1OCC1CCN(S(C)(=O)=O)CC1. The van der Waals surface area contributed by atoms with E-state index in [1.807, 2.05) is 0 Å². The summed E-state index contributed by atoms with van der Waals surface area (Å²) in [6, 6.07) is 15.0. The van der Waals surface area contributed by atoms with Gasteiger partial charge in [0, 0.05) is 45.4 Å². The van der Waals surface area contributed by atoms with Crippen LogP contribution in [0.2, 0.25) is 0 Å². The summed E-state index contributed by atoms with van der Waals surface area (Å²) >= 11 is 0. The number of sulfonamides is 1. The highest BCUT2D eigenvalue weighted by Crippen LogP contribution is 2.28. The van der Waals surface area contributed by atoms with Gasteiger partial charge in [0.2, 0.25) is 10.0 Å². The van der Waals surface area contributed by atoms with E-state index in [1.165, 1.54) is 22.9 Å². The van der Waals surface area contributed by atoms with Gasteiger partial charge in [0.25, 0.3) is 0 Å². The van der Waals surface area contributed by atoms with Gasteiger partial charge in [-0.05, 0) is 47.6 Å². The average molecular weight is 445 g/mol. The number of benzene rings is 2. The molecule has 4 rings (SSSR count). The van der Waals surface area contributed by atoms with Crippen LogP contribution in [0.15, 0.2) is 42.5 Å². The second-order valence-electron chi connectivity index (χ2n) is 8.71. The van der Waals surface area contributed by atoms with Crippen LogP contribution in [0.4, 0.5) is 0 Å². The van der Waals surface area contributed by atoms with Crippen molar-refractivity contribution in [1.82, 2.24) is 9.21 Å². The molecule has 0 N–H and O–H groups in total. The topological polar surface area (TPSA) is 59.1 Å². The van der Waals surface area contributed by atoms with E-state index in [1.54, 1.807) is 11.4 Å². The summed E-state index contributed by atoms with van der Waals surface area (Å²) in [5, 5.41) is 0. The molecule has 0 spiro atoms. The van der Waals surface area contributed by atoms with Crippen molar-refractivity contribution in [2.75, 3.05) is 33.1 Å². The fourth-order valence-electron chi connectivity index (χ4n) is 4.53. The fraction of sp³-hybridized carbons (Fsp3) is 0.500. The molecule has 0 aromatic heterocycles. The summed E-state index contributed by atoms with van der Waals surface area (Å²) in [5.74, 6) is 1.23. The van der Waals surface area contributed by atoms with E-state index in [-0.39, 0.29) is 0 Å². The van der Waals surface area contributed by atoms with Gasteiger partial charge in [-0.3, -0.25) is 4.90 Å². The Bertz CT molecular complexity index is 975. The summed E-state index contributed by atoms with van der Waals surface area (Å²) in [4.78, 5) is 2.45. The fourth-order valence-corrected chi connectivity index (χ4v) is 5.40. The number of rotatable bonds is 8. The summed E-state index contributed by atoms with van der Waals surface area (Å²) in [5.41, 5.74) is 5.15. The van der Waals surface area contributed by atoms with E-state index < -0.39 is 10.0 Å². The summed E-state index contributed by atoms with van der Waals surface area (Å²) in [7, 11) is -1.39. The van der Waals surface area contributed by atoms with Crippen LogP contribution in [0.1, 0.15) is 35.1 Å². The molecule has 0 radical (unpaired) electrons. The molecule has 31 heavy (non-hydrogen) atoms. The molecule has 2 aliphatic heterocycles. The molecule has 2 heterocycles. The van der Waals surface area contributed by atoms with E-state index in [0.29, 0.717) is 32.2 Å². The lowest BCUT2D eigenvalue weighted by Crippen LogP contribution is -2.39. The number of hydrogen-bond donors (Lipinski definition) is 0. The van der Waals surface area contributed by atoms with Gasteiger partial charge in [-0.2, -0.15) is 0 Å². The number of ether oxygens (including phenoxy) is 2. The minimum Gasteiger partial charge on any atom is -0.493 e. The minimum absolute atomic E-state index is 0.371. The van der Waals surface area contributed by atoms with Crippen LogP contribution >= 0.6 is 0 Å². The van der Waals surface area contributed by atoms with E-state index in [4.69, 9.17) is 9.47 Å². The van der Waals surface area contributed by atoms with Crippen LogP contribution in [0.5, 0.6) is 5.75 Å². The zero-order valence-electron chi connectivity index (χ0n) is 18.4. The van der Waals surface area contributed by atoms with E-state index in [0.717, 1.165) is 43.8 Å². The molecule has 0 bridgehead atoms. The smallest absolute Gasteiger partial charge is 0.211 e. The molecule has 6 nitrogen and oxygen atoms in total. The Morgan fingerprint density at radius 1 is 1.03 bits per heavy atom. The minimum atomic E-state index is -3.09. The molecule has 0 aliphatic carbocycles. The van der Waals surface area contributed by atoms with Crippen LogP contribution in [0.25, 0.3) is 0 Å². The van der Waals surface area contributed by atoms with E-state index >= 15 is 0 Å². The molecule has 168 valence electrons. The Kier molecular flexibility index (Phi) is 6.96. The molecule has 1 saturated heterocycles. The monoisotopic (exact) mass is 444 g/mol. The molecule has 2 aromatic carbocycles. The molecule has 1 fully saturated rings. The molecule has 0 amide bonds. The van der Waals surface area contributed by atoms with Gasteiger partial charge in [-0.25, -0.2) is 12.7 Å².